The van der Waals surface area contributed by atoms with Gasteiger partial charge in [-0.25, -0.2) is 4.79 Å². The Morgan fingerprint density at radius 1 is 1.22 bits per heavy atom. The Morgan fingerprint density at radius 2 is 2.04 bits per heavy atom. The molecule has 27 heavy (non-hydrogen) atoms. The van der Waals surface area contributed by atoms with Gasteiger partial charge in [0.05, 0.1) is 0 Å². The van der Waals surface area contributed by atoms with Crippen LogP contribution in [-0.4, -0.2) is 24.4 Å². The molecule has 1 aromatic heterocycles. The van der Waals surface area contributed by atoms with Crippen LogP contribution >= 0.6 is 24.0 Å². The first kappa shape index (κ1) is 21.3. The summed E-state index contributed by atoms with van der Waals surface area (Å²) < 4.78 is 10.8. The summed E-state index contributed by atoms with van der Waals surface area (Å²) in [5.41, 5.74) is 1.98. The summed E-state index contributed by atoms with van der Waals surface area (Å²) in [5, 5.41) is 14.8. The van der Waals surface area contributed by atoms with Crippen LogP contribution in [0.1, 0.15) is 11.1 Å². The number of benzene rings is 2. The van der Waals surface area contributed by atoms with Crippen molar-refractivity contribution in [1.29, 1.82) is 0 Å². The fraction of sp³-hybridized carbons (Fsp3) is 0.250. The van der Waals surface area contributed by atoms with E-state index in [0.29, 0.717) is 29.4 Å². The zero-order valence-corrected chi connectivity index (χ0v) is 16.3. The van der Waals surface area contributed by atoms with Gasteiger partial charge in [0, 0.05) is 35.6 Å². The Morgan fingerprint density at radius 3 is 2.81 bits per heavy atom. The predicted octanol–water partition coefficient (Wildman–Crippen LogP) is 3.71. The molecule has 0 spiro atoms. The molecule has 0 fully saturated rings. The number of hydrogen-bond acceptors (Lipinski definition) is 5. The van der Waals surface area contributed by atoms with Crippen molar-refractivity contribution in [2.24, 2.45) is 0 Å². The molecule has 7 heteroatoms. The number of ether oxygens (including phenoxy) is 1. The van der Waals surface area contributed by atoms with E-state index in [2.05, 4.69) is 5.32 Å². The lowest BCUT2D eigenvalue weighted by Crippen LogP contribution is -2.31. The molecule has 0 saturated heterocycles. The van der Waals surface area contributed by atoms with E-state index in [1.165, 1.54) is 6.07 Å². The first-order valence-electron chi connectivity index (χ1n) is 8.32. The van der Waals surface area contributed by atoms with Crippen molar-refractivity contribution in [3.05, 3.63) is 75.1 Å². The molecule has 0 aliphatic carbocycles. The average molecular weight is 410 g/mol. The van der Waals surface area contributed by atoms with E-state index >= 15 is 0 Å². The molecule has 3 rings (SSSR count). The zero-order chi connectivity index (χ0) is 18.5. The fourth-order valence-electron chi connectivity index (χ4n) is 2.68. The third kappa shape index (κ3) is 5.97. The molecule has 5 nitrogen and oxygen atoms in total. The Balaban J connectivity index is 0.00000261. The number of rotatable bonds is 7. The highest BCUT2D eigenvalue weighted by Gasteiger charge is 2.08. The fourth-order valence-corrected chi connectivity index (χ4v) is 2.89. The van der Waals surface area contributed by atoms with Crippen LogP contribution in [-0.2, 0) is 6.54 Å². The van der Waals surface area contributed by atoms with Gasteiger partial charge in [-0.2, -0.15) is 0 Å². The third-order valence-corrected chi connectivity index (χ3v) is 4.20. The standard InChI is InChI=1S/C20H20ClNO4.ClH/c1-13-7-20(24)26-19-9-17(5-6-18(13)19)25-12-16(23)11-22-10-14-3-2-4-15(21)8-14;/h2-9,16,22-23H,10-12H2,1H3;1H. The van der Waals surface area contributed by atoms with Crippen LogP contribution in [0.3, 0.4) is 0 Å². The molecule has 1 unspecified atom stereocenters. The molecule has 1 heterocycles. The van der Waals surface area contributed by atoms with Crippen molar-refractivity contribution in [3.63, 3.8) is 0 Å². The van der Waals surface area contributed by atoms with Crippen molar-refractivity contribution in [1.82, 2.24) is 5.32 Å². The second-order valence-corrected chi connectivity index (χ2v) is 6.57. The summed E-state index contributed by atoms with van der Waals surface area (Å²) >= 11 is 5.94. The lowest BCUT2D eigenvalue weighted by molar-refractivity contribution is 0.106. The number of aliphatic hydroxyl groups excluding tert-OH is 1. The topological polar surface area (TPSA) is 71.7 Å². The van der Waals surface area contributed by atoms with Crippen LogP contribution in [0.4, 0.5) is 0 Å². The molecular formula is C20H21Cl2NO4. The van der Waals surface area contributed by atoms with Crippen molar-refractivity contribution in [3.8, 4) is 5.75 Å². The first-order chi connectivity index (χ1) is 12.5. The lowest BCUT2D eigenvalue weighted by Gasteiger charge is -2.14. The maximum atomic E-state index is 11.5. The van der Waals surface area contributed by atoms with Crippen molar-refractivity contribution < 1.29 is 14.3 Å². The largest absolute Gasteiger partial charge is 0.491 e. The maximum absolute atomic E-state index is 11.5. The van der Waals surface area contributed by atoms with Gasteiger partial charge in [-0.05, 0) is 42.3 Å². The van der Waals surface area contributed by atoms with Gasteiger partial charge in [0.15, 0.2) is 0 Å². The van der Waals surface area contributed by atoms with E-state index in [1.54, 1.807) is 12.1 Å². The van der Waals surface area contributed by atoms with E-state index < -0.39 is 11.7 Å². The zero-order valence-electron chi connectivity index (χ0n) is 14.8. The molecule has 3 aromatic rings. The normalized spacial score (nSPS) is 11.8. The minimum Gasteiger partial charge on any atom is -0.491 e. The number of hydrogen-bond donors (Lipinski definition) is 2. The second-order valence-electron chi connectivity index (χ2n) is 6.13. The molecule has 0 bridgehead atoms. The summed E-state index contributed by atoms with van der Waals surface area (Å²) in [6.45, 7) is 2.98. The monoisotopic (exact) mass is 409 g/mol. The molecule has 0 aliphatic heterocycles. The average Bonchev–Trinajstić information content (AvgIpc) is 2.59. The van der Waals surface area contributed by atoms with E-state index in [0.717, 1.165) is 16.5 Å². The second kappa shape index (κ2) is 9.76. The number of aryl methyl sites for hydroxylation is 1. The van der Waals surface area contributed by atoms with Gasteiger partial charge in [0.2, 0.25) is 0 Å². The number of halogens is 2. The van der Waals surface area contributed by atoms with Crippen LogP contribution < -0.4 is 15.7 Å². The third-order valence-electron chi connectivity index (χ3n) is 3.96. The van der Waals surface area contributed by atoms with Gasteiger partial charge in [-0.3, -0.25) is 0 Å². The van der Waals surface area contributed by atoms with E-state index in [1.807, 2.05) is 37.3 Å². The van der Waals surface area contributed by atoms with Crippen molar-refractivity contribution in [2.75, 3.05) is 13.2 Å². The van der Waals surface area contributed by atoms with Crippen molar-refractivity contribution in [2.45, 2.75) is 19.6 Å². The molecular weight excluding hydrogens is 389 g/mol. The number of fused-ring (bicyclic) bond motifs is 1. The van der Waals surface area contributed by atoms with Crippen LogP contribution in [0.5, 0.6) is 5.75 Å². The first-order valence-corrected chi connectivity index (χ1v) is 8.69. The van der Waals surface area contributed by atoms with E-state index in [9.17, 15) is 9.90 Å². The quantitative estimate of drug-likeness (QED) is 0.582. The molecule has 2 aromatic carbocycles. The van der Waals surface area contributed by atoms with Crippen LogP contribution in [0.2, 0.25) is 5.02 Å². The molecule has 0 saturated carbocycles. The minimum absolute atomic E-state index is 0. The number of aliphatic hydroxyl groups is 1. The van der Waals surface area contributed by atoms with Gasteiger partial charge in [0.25, 0.3) is 0 Å². The van der Waals surface area contributed by atoms with Gasteiger partial charge in [-0.15, -0.1) is 12.4 Å². The van der Waals surface area contributed by atoms with Gasteiger partial charge >= 0.3 is 5.63 Å². The SMILES string of the molecule is Cc1cc(=O)oc2cc(OCC(O)CNCc3cccc(Cl)c3)ccc12.Cl. The van der Waals surface area contributed by atoms with E-state index in [-0.39, 0.29) is 19.0 Å². The van der Waals surface area contributed by atoms with Crippen LogP contribution in [0.15, 0.2) is 57.7 Å². The highest BCUT2D eigenvalue weighted by Crippen LogP contribution is 2.22. The Hall–Kier alpha value is -2.05. The van der Waals surface area contributed by atoms with E-state index in [4.69, 9.17) is 20.8 Å². The summed E-state index contributed by atoms with van der Waals surface area (Å²) in [7, 11) is 0. The molecule has 0 amide bonds. The Kier molecular flexibility index (Phi) is 7.68. The maximum Gasteiger partial charge on any atom is 0.336 e. The molecule has 0 aliphatic rings. The summed E-state index contributed by atoms with van der Waals surface area (Å²) in [5.74, 6) is 0.542. The lowest BCUT2D eigenvalue weighted by atomic mass is 10.1. The molecule has 0 radical (unpaired) electrons. The summed E-state index contributed by atoms with van der Waals surface area (Å²) in [4.78, 5) is 11.5. The van der Waals surface area contributed by atoms with Crippen LogP contribution in [0.25, 0.3) is 11.0 Å². The predicted molar refractivity (Wildman–Crippen MR) is 109 cm³/mol. The van der Waals surface area contributed by atoms with Gasteiger partial charge < -0.3 is 19.6 Å². The Labute approximate surface area is 168 Å². The summed E-state index contributed by atoms with van der Waals surface area (Å²) in [6.07, 6.45) is -0.672. The smallest absolute Gasteiger partial charge is 0.336 e. The van der Waals surface area contributed by atoms with Crippen molar-refractivity contribution >= 4 is 35.0 Å². The highest BCUT2D eigenvalue weighted by atomic mass is 35.5. The molecule has 1 atom stereocenters. The minimum atomic E-state index is -0.672. The number of nitrogens with one attached hydrogen (secondary N) is 1. The summed E-state index contributed by atoms with van der Waals surface area (Å²) in [6, 6.07) is 14.3. The van der Waals surface area contributed by atoms with Crippen LogP contribution in [0, 0.1) is 6.92 Å². The molecule has 2 N–H and O–H groups in total. The van der Waals surface area contributed by atoms with Gasteiger partial charge in [0.1, 0.15) is 24.0 Å². The molecule has 144 valence electrons. The van der Waals surface area contributed by atoms with Gasteiger partial charge in [-0.1, -0.05) is 23.7 Å². The Bertz CT molecular complexity index is 958. The highest BCUT2D eigenvalue weighted by molar-refractivity contribution is 6.30.